The molecule has 5 nitrogen and oxygen atoms in total. The number of fused-ring (bicyclic) bond motifs is 2. The van der Waals surface area contributed by atoms with Crippen molar-refractivity contribution in [3.63, 3.8) is 0 Å². The predicted octanol–water partition coefficient (Wildman–Crippen LogP) is 3.63. The van der Waals surface area contributed by atoms with Crippen LogP contribution < -0.4 is 10.2 Å². The Balaban J connectivity index is 1.35. The number of para-hydroxylation sites is 1. The summed E-state index contributed by atoms with van der Waals surface area (Å²) in [6.45, 7) is 1.45. The Kier molecular flexibility index (Phi) is 5.33. The van der Waals surface area contributed by atoms with Crippen molar-refractivity contribution in [2.75, 3.05) is 24.7 Å². The third-order valence-corrected chi connectivity index (χ3v) is 7.71. The minimum Gasteiger partial charge on any atom is -0.370 e. The van der Waals surface area contributed by atoms with Gasteiger partial charge in [0.15, 0.2) is 0 Å². The molecule has 0 aromatic heterocycles. The lowest BCUT2D eigenvalue weighted by Gasteiger charge is -2.42. The van der Waals surface area contributed by atoms with Crippen molar-refractivity contribution in [3.05, 3.63) is 29.8 Å². The minimum atomic E-state index is -0.0361. The first-order valence-electron chi connectivity index (χ1n) is 11.5. The molecule has 0 radical (unpaired) electrons. The molecule has 2 amide bonds. The van der Waals surface area contributed by atoms with Crippen molar-refractivity contribution < 1.29 is 14.3 Å². The van der Waals surface area contributed by atoms with E-state index in [1.54, 1.807) is 0 Å². The van der Waals surface area contributed by atoms with Crippen molar-refractivity contribution in [2.45, 2.75) is 63.3 Å². The maximum absolute atomic E-state index is 13.7. The molecule has 0 spiro atoms. The van der Waals surface area contributed by atoms with E-state index in [0.29, 0.717) is 18.4 Å². The number of hydrogen-bond acceptors (Lipinski definition) is 3. The Morgan fingerprint density at radius 1 is 1.10 bits per heavy atom. The normalized spacial score (nSPS) is 34.3. The van der Waals surface area contributed by atoms with Gasteiger partial charge in [-0.25, -0.2) is 0 Å². The SMILES string of the molecule is O=C1COCC(CC2CN(C(=O)C3CCCC4CCCCC43)c3ccccc32)N1. The molecular formula is C24H32N2O3. The number of carbonyl (C=O) groups excluding carboxylic acids is 2. The van der Waals surface area contributed by atoms with E-state index in [-0.39, 0.29) is 30.4 Å². The van der Waals surface area contributed by atoms with Gasteiger partial charge in [-0.15, -0.1) is 0 Å². The molecular weight excluding hydrogens is 364 g/mol. The van der Waals surface area contributed by atoms with E-state index in [4.69, 9.17) is 4.74 Å². The fraction of sp³-hybridized carbons (Fsp3) is 0.667. The first-order chi connectivity index (χ1) is 14.2. The molecule has 3 fully saturated rings. The average molecular weight is 397 g/mol. The molecule has 1 aromatic rings. The van der Waals surface area contributed by atoms with E-state index in [2.05, 4.69) is 28.4 Å². The first kappa shape index (κ1) is 19.1. The van der Waals surface area contributed by atoms with Crippen LogP contribution in [0.25, 0.3) is 0 Å². The van der Waals surface area contributed by atoms with Crippen LogP contribution in [0.5, 0.6) is 0 Å². The summed E-state index contributed by atoms with van der Waals surface area (Å²) in [7, 11) is 0. The molecule has 2 aliphatic carbocycles. The van der Waals surface area contributed by atoms with Crippen molar-refractivity contribution in [1.82, 2.24) is 5.32 Å². The van der Waals surface area contributed by atoms with Gasteiger partial charge in [-0.05, 0) is 42.7 Å². The van der Waals surface area contributed by atoms with E-state index < -0.39 is 0 Å². The number of nitrogens with zero attached hydrogens (tertiary/aromatic N) is 1. The number of hydrogen-bond donors (Lipinski definition) is 1. The Morgan fingerprint density at radius 2 is 1.93 bits per heavy atom. The highest BCUT2D eigenvalue weighted by Gasteiger charge is 2.43. The number of morpholine rings is 1. The van der Waals surface area contributed by atoms with Gasteiger partial charge in [0, 0.05) is 24.1 Å². The largest absolute Gasteiger partial charge is 0.370 e. The van der Waals surface area contributed by atoms with Gasteiger partial charge in [0.2, 0.25) is 11.8 Å². The highest BCUT2D eigenvalue weighted by atomic mass is 16.5. The van der Waals surface area contributed by atoms with Gasteiger partial charge in [-0.1, -0.05) is 50.3 Å². The Bertz CT molecular complexity index is 777. The molecule has 1 N–H and O–H groups in total. The molecule has 1 saturated heterocycles. The van der Waals surface area contributed by atoms with Gasteiger partial charge in [-0.2, -0.15) is 0 Å². The molecule has 5 unspecified atom stereocenters. The smallest absolute Gasteiger partial charge is 0.246 e. The lowest BCUT2D eigenvalue weighted by atomic mass is 9.65. The molecule has 5 heteroatoms. The summed E-state index contributed by atoms with van der Waals surface area (Å²) in [6, 6.07) is 8.39. The number of nitrogens with one attached hydrogen (secondary N) is 1. The molecule has 29 heavy (non-hydrogen) atoms. The molecule has 2 saturated carbocycles. The number of ether oxygens (including phenoxy) is 1. The summed E-state index contributed by atoms with van der Waals surface area (Å²) in [5, 5.41) is 3.05. The van der Waals surface area contributed by atoms with E-state index in [1.165, 1.54) is 44.1 Å². The minimum absolute atomic E-state index is 0.0294. The molecule has 0 bridgehead atoms. The second-order valence-electron chi connectivity index (χ2n) is 9.47. The number of carbonyl (C=O) groups is 2. The van der Waals surface area contributed by atoms with Crippen molar-refractivity contribution >= 4 is 17.5 Å². The van der Waals surface area contributed by atoms with Gasteiger partial charge in [0.1, 0.15) is 6.61 Å². The Labute approximate surface area is 173 Å². The highest BCUT2D eigenvalue weighted by Crippen LogP contribution is 2.46. The zero-order valence-corrected chi connectivity index (χ0v) is 17.1. The summed E-state index contributed by atoms with van der Waals surface area (Å²) in [5.41, 5.74) is 2.33. The molecule has 2 aliphatic heterocycles. The zero-order chi connectivity index (χ0) is 19.8. The van der Waals surface area contributed by atoms with E-state index in [0.717, 1.165) is 31.0 Å². The molecule has 4 aliphatic rings. The summed E-state index contributed by atoms with van der Waals surface area (Å²) in [6.07, 6.45) is 9.55. The topological polar surface area (TPSA) is 58.6 Å². The monoisotopic (exact) mass is 396 g/mol. The second-order valence-corrected chi connectivity index (χ2v) is 9.47. The van der Waals surface area contributed by atoms with E-state index >= 15 is 0 Å². The average Bonchev–Trinajstić information content (AvgIpc) is 3.11. The van der Waals surface area contributed by atoms with Crippen LogP contribution in [0.4, 0.5) is 5.69 Å². The Hall–Kier alpha value is -1.88. The van der Waals surface area contributed by atoms with Gasteiger partial charge in [-0.3, -0.25) is 9.59 Å². The lowest BCUT2D eigenvalue weighted by Crippen LogP contribution is -2.47. The van der Waals surface area contributed by atoms with Gasteiger partial charge in [0.25, 0.3) is 0 Å². The van der Waals surface area contributed by atoms with Crippen LogP contribution >= 0.6 is 0 Å². The maximum Gasteiger partial charge on any atom is 0.246 e. The summed E-state index contributed by atoms with van der Waals surface area (Å²) < 4.78 is 5.43. The van der Waals surface area contributed by atoms with Crippen LogP contribution in [0.3, 0.4) is 0 Å². The summed E-state index contributed by atoms with van der Waals surface area (Å²) >= 11 is 0. The van der Waals surface area contributed by atoms with Crippen LogP contribution in [0.1, 0.15) is 62.8 Å². The van der Waals surface area contributed by atoms with Crippen LogP contribution in [0.2, 0.25) is 0 Å². The zero-order valence-electron chi connectivity index (χ0n) is 17.1. The van der Waals surface area contributed by atoms with Crippen molar-refractivity contribution in [1.29, 1.82) is 0 Å². The number of benzene rings is 1. The van der Waals surface area contributed by atoms with E-state index in [9.17, 15) is 9.59 Å². The number of rotatable bonds is 3. The second kappa shape index (κ2) is 8.10. The lowest BCUT2D eigenvalue weighted by molar-refractivity contribution is -0.131. The molecule has 1 aromatic carbocycles. The fourth-order valence-corrected chi connectivity index (χ4v) is 6.43. The quantitative estimate of drug-likeness (QED) is 0.849. The van der Waals surface area contributed by atoms with Gasteiger partial charge >= 0.3 is 0 Å². The third kappa shape index (κ3) is 3.70. The van der Waals surface area contributed by atoms with Crippen molar-refractivity contribution in [2.24, 2.45) is 17.8 Å². The van der Waals surface area contributed by atoms with Crippen LogP contribution in [0.15, 0.2) is 24.3 Å². The molecule has 5 rings (SSSR count). The van der Waals surface area contributed by atoms with Gasteiger partial charge < -0.3 is 15.0 Å². The summed E-state index contributed by atoms with van der Waals surface area (Å²) in [5.74, 6) is 2.11. The third-order valence-electron chi connectivity index (χ3n) is 7.71. The Morgan fingerprint density at radius 3 is 2.83 bits per heavy atom. The van der Waals surface area contributed by atoms with E-state index in [1.807, 2.05) is 6.07 Å². The van der Waals surface area contributed by atoms with Gasteiger partial charge in [0.05, 0.1) is 12.6 Å². The molecule has 5 atom stereocenters. The van der Waals surface area contributed by atoms with Crippen LogP contribution in [-0.2, 0) is 14.3 Å². The summed E-state index contributed by atoms with van der Waals surface area (Å²) in [4.78, 5) is 27.5. The molecule has 2 heterocycles. The number of anilines is 1. The van der Waals surface area contributed by atoms with Crippen LogP contribution in [-0.4, -0.2) is 37.6 Å². The fourth-order valence-electron chi connectivity index (χ4n) is 6.43. The first-order valence-corrected chi connectivity index (χ1v) is 11.5. The standard InChI is InChI=1S/C24H32N2O3/c27-23-15-29-14-18(25-23)12-17-13-26(22-11-4-3-9-20(17)22)24(28)21-10-5-7-16-6-1-2-8-19(16)21/h3-4,9,11,16-19,21H,1-2,5-8,10,12-15H2,(H,25,27). The van der Waals surface area contributed by atoms with Crippen LogP contribution in [0, 0.1) is 17.8 Å². The number of amides is 2. The predicted molar refractivity (Wildman–Crippen MR) is 112 cm³/mol. The molecule has 156 valence electrons. The highest BCUT2D eigenvalue weighted by molar-refractivity contribution is 5.97. The van der Waals surface area contributed by atoms with Crippen molar-refractivity contribution in [3.8, 4) is 0 Å². The maximum atomic E-state index is 13.7.